The van der Waals surface area contributed by atoms with E-state index < -0.39 is 9.67 Å². The molecule has 14 heavy (non-hydrogen) atoms. The largest absolute Gasteiger partial charge is 0.430 e. The van der Waals surface area contributed by atoms with Gasteiger partial charge in [0.2, 0.25) is 0 Å². The molecule has 0 aliphatic carbocycles. The predicted molar refractivity (Wildman–Crippen MR) is 53.4 cm³/mol. The molecule has 1 N–H and O–H groups in total. The molecule has 0 unspecified atom stereocenters. The Balaban J connectivity index is 2.66. The van der Waals surface area contributed by atoms with Crippen molar-refractivity contribution in [2.24, 2.45) is 5.10 Å². The van der Waals surface area contributed by atoms with Crippen molar-refractivity contribution < 1.29 is 9.31 Å². The lowest BCUT2D eigenvalue weighted by Gasteiger charge is -1.94. The van der Waals surface area contributed by atoms with E-state index in [2.05, 4.69) is 26.5 Å². The molecule has 0 aliphatic heterocycles. The minimum atomic E-state index is -0.698. The number of halogens is 2. The van der Waals surface area contributed by atoms with E-state index in [1.54, 1.807) is 0 Å². The minimum absolute atomic E-state index is 0.382. The predicted octanol–water partition coefficient (Wildman–Crippen LogP) is 2.18. The first-order chi connectivity index (χ1) is 6.59. The van der Waals surface area contributed by atoms with Crippen molar-refractivity contribution in [1.82, 2.24) is 0 Å². The highest BCUT2D eigenvalue weighted by atomic mass is 79.9. The number of hydrogen-bond donors (Lipinski definition) is 1. The van der Waals surface area contributed by atoms with E-state index in [4.69, 9.17) is 0 Å². The zero-order valence-electron chi connectivity index (χ0n) is 6.78. The molecule has 1 aromatic carbocycles. The fraction of sp³-hybridized carbons (Fsp3) is 0. The number of nitrogens with one attached hydrogen (secondary N) is 1. The lowest BCUT2D eigenvalue weighted by Crippen LogP contribution is -2.05. The lowest BCUT2D eigenvalue weighted by atomic mass is 10.3. The van der Waals surface area contributed by atoms with Gasteiger partial charge >= 0.3 is 4.74 Å². The van der Waals surface area contributed by atoms with Crippen LogP contribution in [-0.4, -0.2) is 9.67 Å². The first-order valence-corrected chi connectivity index (χ1v) is 4.28. The van der Waals surface area contributed by atoms with Crippen LogP contribution < -0.4 is 5.43 Å². The molecule has 74 valence electrons. The van der Waals surface area contributed by atoms with Gasteiger partial charge in [-0.25, -0.2) is 4.39 Å². The summed E-state index contributed by atoms with van der Waals surface area (Å²) >= 11 is 2.63. The smallest absolute Gasteiger partial charge is 0.357 e. The molecule has 0 aromatic heterocycles. The molecule has 1 rings (SSSR count). The van der Waals surface area contributed by atoms with Gasteiger partial charge in [0.25, 0.3) is 0 Å². The van der Waals surface area contributed by atoms with Gasteiger partial charge in [-0.15, -0.1) is 0 Å². The van der Waals surface area contributed by atoms with Crippen molar-refractivity contribution in [2.75, 3.05) is 5.43 Å². The minimum Gasteiger partial charge on any atom is -0.357 e. The van der Waals surface area contributed by atoms with Crippen molar-refractivity contribution in [3.63, 3.8) is 0 Å². The summed E-state index contributed by atoms with van der Waals surface area (Å²) in [6, 6.07) is 5.27. The monoisotopic (exact) mass is 261 g/mol. The summed E-state index contributed by atoms with van der Waals surface area (Å²) in [7, 11) is 0. The Labute approximate surface area is 86.9 Å². The molecular weight excluding hydrogens is 257 g/mol. The molecule has 0 saturated carbocycles. The summed E-state index contributed by atoms with van der Waals surface area (Å²) < 4.78 is 12.0. The van der Waals surface area contributed by atoms with Crippen LogP contribution in [0.1, 0.15) is 0 Å². The van der Waals surface area contributed by atoms with E-state index >= 15 is 0 Å². The third-order valence-electron chi connectivity index (χ3n) is 1.27. The molecule has 1 aromatic rings. The number of anilines is 1. The summed E-state index contributed by atoms with van der Waals surface area (Å²) in [6.07, 6.45) is 0. The second kappa shape index (κ2) is 4.66. The maximum Gasteiger partial charge on any atom is 0.430 e. The average molecular weight is 262 g/mol. The van der Waals surface area contributed by atoms with Crippen LogP contribution >= 0.6 is 15.9 Å². The Hall–Kier alpha value is -1.50. The first-order valence-electron chi connectivity index (χ1n) is 3.49. The highest BCUT2D eigenvalue weighted by molar-refractivity contribution is 9.18. The third kappa shape index (κ3) is 3.09. The molecule has 0 spiro atoms. The maximum atomic E-state index is 12.4. The van der Waals surface area contributed by atoms with Gasteiger partial charge in [0, 0.05) is 0 Å². The van der Waals surface area contributed by atoms with E-state index in [1.807, 2.05) is 0 Å². The Kier molecular flexibility index (Phi) is 3.52. The van der Waals surface area contributed by atoms with Gasteiger partial charge in [-0.1, -0.05) is 0 Å². The summed E-state index contributed by atoms with van der Waals surface area (Å²) in [5, 5.41) is 13.5. The molecule has 0 fully saturated rings. The van der Waals surface area contributed by atoms with Crippen molar-refractivity contribution in [2.45, 2.75) is 0 Å². The Bertz CT molecular complexity index is 366. The first kappa shape index (κ1) is 10.6. The highest BCUT2D eigenvalue weighted by Gasteiger charge is 2.05. The Morgan fingerprint density at radius 3 is 2.57 bits per heavy atom. The molecule has 7 heteroatoms. The van der Waals surface area contributed by atoms with Gasteiger partial charge in [0.1, 0.15) is 5.82 Å². The highest BCUT2D eigenvalue weighted by Crippen LogP contribution is 2.08. The zero-order chi connectivity index (χ0) is 10.6. The number of hydrazone groups is 1. The molecule has 0 aliphatic rings. The number of benzene rings is 1. The summed E-state index contributed by atoms with van der Waals surface area (Å²) in [6.45, 7) is 0. The maximum absolute atomic E-state index is 12.4. The standard InChI is InChI=1S/C7H5BrFN3O2/c8-7(12(13)14)11-10-6-3-1-5(9)2-4-6/h1-4,10H/b11-7+. The van der Waals surface area contributed by atoms with Crippen molar-refractivity contribution in [3.8, 4) is 0 Å². The second-order valence-corrected chi connectivity index (χ2v) is 2.97. The Morgan fingerprint density at radius 1 is 1.50 bits per heavy atom. The summed E-state index contributed by atoms with van der Waals surface area (Å²) in [5.74, 6) is -0.382. The van der Waals surface area contributed by atoms with E-state index in [-0.39, 0.29) is 5.82 Å². The Morgan fingerprint density at radius 2 is 2.07 bits per heavy atom. The fourth-order valence-electron chi connectivity index (χ4n) is 0.676. The summed E-state index contributed by atoms with van der Waals surface area (Å²) in [4.78, 5) is 9.40. The van der Waals surface area contributed by atoms with Crippen molar-refractivity contribution >= 4 is 26.4 Å². The van der Waals surface area contributed by atoms with Crippen LogP contribution in [0.2, 0.25) is 0 Å². The van der Waals surface area contributed by atoms with Crippen LogP contribution in [0.25, 0.3) is 0 Å². The summed E-state index contributed by atoms with van der Waals surface area (Å²) in [5.41, 5.74) is 2.85. The van der Waals surface area contributed by atoms with Crippen LogP contribution in [0.5, 0.6) is 0 Å². The van der Waals surface area contributed by atoms with Crippen LogP contribution in [0, 0.1) is 15.9 Å². The van der Waals surface area contributed by atoms with E-state index in [9.17, 15) is 14.5 Å². The van der Waals surface area contributed by atoms with E-state index in [0.29, 0.717) is 5.69 Å². The van der Waals surface area contributed by atoms with Crippen LogP contribution in [-0.2, 0) is 0 Å². The third-order valence-corrected chi connectivity index (χ3v) is 1.74. The molecule has 0 saturated heterocycles. The van der Waals surface area contributed by atoms with E-state index in [0.717, 1.165) is 0 Å². The molecule has 0 amide bonds. The van der Waals surface area contributed by atoms with Crippen LogP contribution in [0.3, 0.4) is 0 Å². The number of rotatable bonds is 2. The second-order valence-electron chi connectivity index (χ2n) is 2.26. The van der Waals surface area contributed by atoms with Gasteiger partial charge in [0.05, 0.1) is 26.7 Å². The molecule has 0 bridgehead atoms. The van der Waals surface area contributed by atoms with E-state index in [1.165, 1.54) is 24.3 Å². The quantitative estimate of drug-likeness (QED) is 0.292. The molecular formula is C7H5BrFN3O2. The number of nitrogens with zero attached hydrogens (tertiary/aromatic N) is 2. The SMILES string of the molecule is O=[N+]([O-])/C(Br)=N/Nc1ccc(F)cc1. The molecule has 0 heterocycles. The fourth-order valence-corrected chi connectivity index (χ4v) is 0.765. The van der Waals surface area contributed by atoms with Gasteiger partial charge in [-0.3, -0.25) is 0 Å². The number of amidine groups is 1. The normalized spacial score (nSPS) is 11.1. The van der Waals surface area contributed by atoms with Crippen molar-refractivity contribution in [3.05, 3.63) is 40.2 Å². The molecule has 0 radical (unpaired) electrons. The van der Waals surface area contributed by atoms with Gasteiger partial charge < -0.3 is 10.1 Å². The average Bonchev–Trinajstić information content (AvgIpc) is 2.16. The lowest BCUT2D eigenvalue weighted by molar-refractivity contribution is -0.342. The van der Waals surface area contributed by atoms with Gasteiger partial charge in [-0.2, -0.15) is 5.43 Å². The number of nitro groups is 1. The molecule has 5 nitrogen and oxygen atoms in total. The topological polar surface area (TPSA) is 67.5 Å². The number of hydrogen-bond acceptors (Lipinski definition) is 4. The van der Waals surface area contributed by atoms with Gasteiger partial charge in [-0.05, 0) is 29.2 Å². The van der Waals surface area contributed by atoms with Crippen molar-refractivity contribution in [1.29, 1.82) is 0 Å². The van der Waals surface area contributed by atoms with Gasteiger partial charge in [0.15, 0.2) is 0 Å². The zero-order valence-corrected chi connectivity index (χ0v) is 8.36. The molecule has 0 atom stereocenters. The van der Waals surface area contributed by atoms with Crippen LogP contribution in [0.15, 0.2) is 29.4 Å². The van der Waals surface area contributed by atoms with Crippen LogP contribution in [0.4, 0.5) is 10.1 Å².